The first-order chi connectivity index (χ1) is 9.48. The van der Waals surface area contributed by atoms with Crippen molar-refractivity contribution in [1.29, 1.82) is 0 Å². The molecule has 0 saturated heterocycles. The van der Waals surface area contributed by atoms with Crippen LogP contribution in [0.25, 0.3) is 0 Å². The highest BCUT2D eigenvalue weighted by Crippen LogP contribution is 2.37. The number of aryl methyl sites for hydroxylation is 1. The second kappa shape index (κ2) is 6.55. The smallest absolute Gasteiger partial charge is 0.0129 e. The third-order valence-electron chi connectivity index (χ3n) is 4.31. The maximum absolute atomic E-state index is 2.52. The summed E-state index contributed by atoms with van der Waals surface area (Å²) in [5.74, 6) is 0.584. The van der Waals surface area contributed by atoms with E-state index in [0.29, 0.717) is 5.92 Å². The Morgan fingerprint density at radius 1 is 0.857 bits per heavy atom. The molecule has 21 heavy (non-hydrogen) atoms. The van der Waals surface area contributed by atoms with Crippen LogP contribution in [0, 0.1) is 0 Å². The SMILES string of the molecule is CCCCc1cc(C(C)(C)C)c(C(C)C)cc1C(C)(C)C. The van der Waals surface area contributed by atoms with Gasteiger partial charge in [0.15, 0.2) is 0 Å². The van der Waals surface area contributed by atoms with Gasteiger partial charge in [-0.25, -0.2) is 0 Å². The molecule has 0 fully saturated rings. The van der Waals surface area contributed by atoms with E-state index in [9.17, 15) is 0 Å². The summed E-state index contributed by atoms with van der Waals surface area (Å²) in [6.45, 7) is 21.0. The van der Waals surface area contributed by atoms with Crippen molar-refractivity contribution in [2.45, 2.75) is 98.3 Å². The Morgan fingerprint density at radius 3 is 1.76 bits per heavy atom. The summed E-state index contributed by atoms with van der Waals surface area (Å²) >= 11 is 0. The van der Waals surface area contributed by atoms with Crippen LogP contribution >= 0.6 is 0 Å². The van der Waals surface area contributed by atoms with Crippen LogP contribution in [0.1, 0.15) is 103 Å². The molecule has 0 N–H and O–H groups in total. The number of rotatable bonds is 4. The fraction of sp³-hybridized carbons (Fsp3) is 0.714. The molecule has 0 heterocycles. The summed E-state index contributed by atoms with van der Waals surface area (Å²) in [5, 5.41) is 0. The number of benzene rings is 1. The van der Waals surface area contributed by atoms with E-state index in [4.69, 9.17) is 0 Å². The Morgan fingerprint density at radius 2 is 1.38 bits per heavy atom. The summed E-state index contributed by atoms with van der Waals surface area (Å²) in [7, 11) is 0. The van der Waals surface area contributed by atoms with E-state index in [2.05, 4.69) is 74.4 Å². The molecule has 0 unspecified atom stereocenters. The van der Waals surface area contributed by atoms with Crippen LogP contribution < -0.4 is 0 Å². The van der Waals surface area contributed by atoms with Crippen LogP contribution in [0.4, 0.5) is 0 Å². The van der Waals surface area contributed by atoms with E-state index < -0.39 is 0 Å². The molecule has 0 aromatic heterocycles. The van der Waals surface area contributed by atoms with Gasteiger partial charge < -0.3 is 0 Å². The highest BCUT2D eigenvalue weighted by molar-refractivity contribution is 5.46. The fourth-order valence-electron chi connectivity index (χ4n) is 3.06. The van der Waals surface area contributed by atoms with E-state index in [1.54, 1.807) is 11.1 Å². The number of hydrogen-bond donors (Lipinski definition) is 0. The summed E-state index contributed by atoms with van der Waals surface area (Å²) < 4.78 is 0. The summed E-state index contributed by atoms with van der Waals surface area (Å²) in [6.07, 6.45) is 3.76. The lowest BCUT2D eigenvalue weighted by Gasteiger charge is -2.31. The van der Waals surface area contributed by atoms with Crippen molar-refractivity contribution in [2.24, 2.45) is 0 Å². The fourth-order valence-corrected chi connectivity index (χ4v) is 3.06. The van der Waals surface area contributed by atoms with Crippen LogP contribution in [0.5, 0.6) is 0 Å². The van der Waals surface area contributed by atoms with Crippen LogP contribution in [-0.4, -0.2) is 0 Å². The third-order valence-corrected chi connectivity index (χ3v) is 4.31. The second-order valence-electron chi connectivity index (χ2n) is 8.85. The zero-order valence-electron chi connectivity index (χ0n) is 15.9. The molecule has 0 saturated carbocycles. The van der Waals surface area contributed by atoms with Gasteiger partial charge in [-0.2, -0.15) is 0 Å². The molecule has 0 spiro atoms. The number of hydrogen-bond acceptors (Lipinski definition) is 0. The van der Waals surface area contributed by atoms with Crippen molar-refractivity contribution < 1.29 is 0 Å². The average Bonchev–Trinajstić information content (AvgIpc) is 2.32. The lowest BCUT2D eigenvalue weighted by atomic mass is 9.74. The van der Waals surface area contributed by atoms with Crippen LogP contribution in [-0.2, 0) is 17.3 Å². The molecule has 120 valence electrons. The largest absolute Gasteiger partial charge is 0.0654 e. The molecule has 0 bridgehead atoms. The zero-order valence-corrected chi connectivity index (χ0v) is 15.9. The van der Waals surface area contributed by atoms with Crippen molar-refractivity contribution >= 4 is 0 Å². The lowest BCUT2D eigenvalue weighted by Crippen LogP contribution is -2.20. The first-order valence-corrected chi connectivity index (χ1v) is 8.66. The van der Waals surface area contributed by atoms with Gasteiger partial charge in [0.2, 0.25) is 0 Å². The first kappa shape index (κ1) is 18.3. The van der Waals surface area contributed by atoms with Crippen LogP contribution in [0.15, 0.2) is 12.1 Å². The Balaban J connectivity index is 3.54. The summed E-state index contributed by atoms with van der Waals surface area (Å²) in [4.78, 5) is 0. The van der Waals surface area contributed by atoms with Crippen LogP contribution in [0.3, 0.4) is 0 Å². The molecular weight excluding hydrogens is 252 g/mol. The number of unbranched alkanes of at least 4 members (excludes halogenated alkanes) is 1. The van der Waals surface area contributed by atoms with Gasteiger partial charge in [-0.3, -0.25) is 0 Å². The van der Waals surface area contributed by atoms with Crippen molar-refractivity contribution in [2.75, 3.05) is 0 Å². The summed E-state index contributed by atoms with van der Waals surface area (Å²) in [6, 6.07) is 5.03. The first-order valence-electron chi connectivity index (χ1n) is 8.66. The molecule has 1 aromatic carbocycles. The Hall–Kier alpha value is -0.780. The van der Waals surface area contributed by atoms with Gasteiger partial charge in [0.05, 0.1) is 0 Å². The Kier molecular flexibility index (Phi) is 5.69. The normalized spacial score (nSPS) is 13.0. The molecular formula is C21H36. The molecule has 0 atom stereocenters. The maximum Gasteiger partial charge on any atom is -0.0129 e. The molecule has 0 aliphatic rings. The monoisotopic (exact) mass is 288 g/mol. The quantitative estimate of drug-likeness (QED) is 0.575. The van der Waals surface area contributed by atoms with Gasteiger partial charge in [-0.05, 0) is 51.8 Å². The predicted molar refractivity (Wildman–Crippen MR) is 96.5 cm³/mol. The molecule has 1 rings (SSSR count). The van der Waals surface area contributed by atoms with Crippen LogP contribution in [0.2, 0.25) is 0 Å². The topological polar surface area (TPSA) is 0 Å². The molecule has 0 aliphatic heterocycles. The molecule has 0 radical (unpaired) electrons. The molecule has 0 amide bonds. The van der Waals surface area contributed by atoms with Gasteiger partial charge in [0.1, 0.15) is 0 Å². The van der Waals surface area contributed by atoms with E-state index >= 15 is 0 Å². The van der Waals surface area contributed by atoms with E-state index in [1.165, 1.54) is 30.4 Å². The predicted octanol–water partition coefficient (Wildman–Crippen LogP) is 6.75. The van der Waals surface area contributed by atoms with Gasteiger partial charge in [-0.15, -0.1) is 0 Å². The van der Waals surface area contributed by atoms with E-state index in [-0.39, 0.29) is 10.8 Å². The summed E-state index contributed by atoms with van der Waals surface area (Å²) in [5.41, 5.74) is 6.63. The Labute approximate surface area is 133 Å². The minimum Gasteiger partial charge on any atom is -0.0654 e. The second-order valence-corrected chi connectivity index (χ2v) is 8.85. The Bertz CT molecular complexity index is 464. The highest BCUT2D eigenvalue weighted by Gasteiger charge is 2.25. The van der Waals surface area contributed by atoms with Crippen molar-refractivity contribution in [3.05, 3.63) is 34.4 Å². The maximum atomic E-state index is 2.52. The molecule has 0 nitrogen and oxygen atoms in total. The van der Waals surface area contributed by atoms with E-state index in [0.717, 1.165) is 0 Å². The third kappa shape index (κ3) is 4.59. The minimum atomic E-state index is 0.219. The average molecular weight is 289 g/mol. The highest BCUT2D eigenvalue weighted by atomic mass is 14.3. The minimum absolute atomic E-state index is 0.219. The molecule has 1 aromatic rings. The van der Waals surface area contributed by atoms with Crippen molar-refractivity contribution in [3.8, 4) is 0 Å². The van der Waals surface area contributed by atoms with E-state index in [1.807, 2.05) is 0 Å². The van der Waals surface area contributed by atoms with Crippen molar-refractivity contribution in [3.63, 3.8) is 0 Å². The van der Waals surface area contributed by atoms with Gasteiger partial charge in [-0.1, -0.05) is 80.9 Å². The zero-order chi connectivity index (χ0) is 16.4. The molecule has 0 heteroatoms. The van der Waals surface area contributed by atoms with Crippen molar-refractivity contribution in [1.82, 2.24) is 0 Å². The van der Waals surface area contributed by atoms with Gasteiger partial charge >= 0.3 is 0 Å². The van der Waals surface area contributed by atoms with Gasteiger partial charge in [0.25, 0.3) is 0 Å². The lowest BCUT2D eigenvalue weighted by molar-refractivity contribution is 0.557. The molecule has 0 aliphatic carbocycles. The standard InChI is InChI=1S/C21H36/c1-10-11-12-16-13-19(21(7,8)9)17(15(2)3)14-18(16)20(4,5)6/h13-15H,10-12H2,1-9H3. The van der Waals surface area contributed by atoms with Gasteiger partial charge in [0, 0.05) is 0 Å².